The van der Waals surface area contributed by atoms with Gasteiger partial charge in [0.25, 0.3) is 0 Å². The van der Waals surface area contributed by atoms with Crippen molar-refractivity contribution in [3.63, 3.8) is 0 Å². The van der Waals surface area contributed by atoms with Crippen molar-refractivity contribution in [2.45, 2.75) is 26.4 Å². The van der Waals surface area contributed by atoms with Crippen molar-refractivity contribution >= 4 is 17.4 Å². The summed E-state index contributed by atoms with van der Waals surface area (Å²) in [5.74, 6) is 0.357. The zero-order valence-electron chi connectivity index (χ0n) is 12.2. The standard InChI is InChI=1S/C15H20N4OS/c1-12(10-19-6-2-5-17-19)9-16-15(20)18-7-3-14-13(11-18)4-8-21-14/h2,4-6,8,12H,3,7,9-11H2,1H3,(H,16,20). The number of nitrogens with one attached hydrogen (secondary N) is 1. The second-order valence-corrected chi connectivity index (χ2v) is 6.56. The summed E-state index contributed by atoms with van der Waals surface area (Å²) >= 11 is 1.79. The lowest BCUT2D eigenvalue weighted by molar-refractivity contribution is 0.190. The molecule has 0 fully saturated rings. The van der Waals surface area contributed by atoms with Gasteiger partial charge in [-0.05, 0) is 35.4 Å². The van der Waals surface area contributed by atoms with Crippen LogP contribution >= 0.6 is 11.3 Å². The van der Waals surface area contributed by atoms with Crippen molar-refractivity contribution in [2.24, 2.45) is 5.92 Å². The minimum atomic E-state index is 0.0409. The number of urea groups is 1. The Morgan fingerprint density at radius 2 is 2.48 bits per heavy atom. The molecule has 1 unspecified atom stereocenters. The van der Waals surface area contributed by atoms with E-state index in [9.17, 15) is 4.79 Å². The van der Waals surface area contributed by atoms with Crippen molar-refractivity contribution in [3.05, 3.63) is 40.3 Å². The molecule has 2 aromatic heterocycles. The molecule has 2 amide bonds. The molecule has 0 spiro atoms. The molecule has 1 N–H and O–H groups in total. The van der Waals surface area contributed by atoms with Crippen LogP contribution in [0.5, 0.6) is 0 Å². The number of hydrogen-bond donors (Lipinski definition) is 1. The van der Waals surface area contributed by atoms with Crippen molar-refractivity contribution in [1.29, 1.82) is 0 Å². The van der Waals surface area contributed by atoms with E-state index in [2.05, 4.69) is 28.8 Å². The van der Waals surface area contributed by atoms with E-state index in [-0.39, 0.29) is 6.03 Å². The Bertz CT molecular complexity index is 593. The van der Waals surface area contributed by atoms with E-state index in [1.54, 1.807) is 17.5 Å². The van der Waals surface area contributed by atoms with E-state index in [0.717, 1.165) is 26.1 Å². The predicted octanol–water partition coefficient (Wildman–Crippen LogP) is 2.35. The summed E-state index contributed by atoms with van der Waals surface area (Å²) in [6.45, 7) is 5.16. The van der Waals surface area contributed by atoms with Crippen LogP contribution in [0.15, 0.2) is 29.9 Å². The highest BCUT2D eigenvalue weighted by atomic mass is 32.1. The minimum absolute atomic E-state index is 0.0409. The summed E-state index contributed by atoms with van der Waals surface area (Å²) in [6.07, 6.45) is 4.70. The van der Waals surface area contributed by atoms with Crippen molar-refractivity contribution in [3.8, 4) is 0 Å². The first-order valence-corrected chi connectivity index (χ1v) is 8.16. The first-order valence-electron chi connectivity index (χ1n) is 7.28. The molecule has 0 aliphatic carbocycles. The smallest absolute Gasteiger partial charge is 0.317 e. The number of nitrogens with zero attached hydrogens (tertiary/aromatic N) is 3. The fourth-order valence-electron chi connectivity index (χ4n) is 2.59. The van der Waals surface area contributed by atoms with Gasteiger partial charge in [-0.25, -0.2) is 4.79 Å². The number of amides is 2. The highest BCUT2D eigenvalue weighted by Crippen LogP contribution is 2.23. The average molecular weight is 304 g/mol. The minimum Gasteiger partial charge on any atom is -0.338 e. The lowest BCUT2D eigenvalue weighted by atomic mass is 10.1. The lowest BCUT2D eigenvalue weighted by Gasteiger charge is -2.27. The zero-order valence-corrected chi connectivity index (χ0v) is 13.0. The van der Waals surface area contributed by atoms with Crippen LogP contribution in [-0.4, -0.2) is 33.8 Å². The molecule has 6 heteroatoms. The molecule has 1 aliphatic rings. The maximum absolute atomic E-state index is 12.2. The van der Waals surface area contributed by atoms with Gasteiger partial charge in [0.05, 0.1) is 0 Å². The van der Waals surface area contributed by atoms with E-state index < -0.39 is 0 Å². The van der Waals surface area contributed by atoms with Gasteiger partial charge < -0.3 is 10.2 Å². The molecule has 3 heterocycles. The van der Waals surface area contributed by atoms with E-state index in [1.165, 1.54) is 10.4 Å². The monoisotopic (exact) mass is 304 g/mol. The Hall–Kier alpha value is -1.82. The van der Waals surface area contributed by atoms with Crippen molar-refractivity contribution in [1.82, 2.24) is 20.0 Å². The Morgan fingerprint density at radius 1 is 1.57 bits per heavy atom. The number of fused-ring (bicyclic) bond motifs is 1. The molecule has 21 heavy (non-hydrogen) atoms. The van der Waals surface area contributed by atoms with E-state index in [0.29, 0.717) is 12.5 Å². The summed E-state index contributed by atoms with van der Waals surface area (Å²) in [5, 5.41) is 9.33. The number of rotatable bonds is 4. The van der Waals surface area contributed by atoms with Crippen LogP contribution in [0.2, 0.25) is 0 Å². The fraction of sp³-hybridized carbons (Fsp3) is 0.467. The highest BCUT2D eigenvalue weighted by Gasteiger charge is 2.21. The van der Waals surface area contributed by atoms with E-state index in [1.807, 2.05) is 21.8 Å². The Labute approximate surface area is 128 Å². The number of thiophene rings is 1. The molecular weight excluding hydrogens is 284 g/mol. The molecular formula is C15H20N4OS. The zero-order chi connectivity index (χ0) is 14.7. The summed E-state index contributed by atoms with van der Waals surface area (Å²) < 4.78 is 1.90. The van der Waals surface area contributed by atoms with Gasteiger partial charge in [-0.15, -0.1) is 11.3 Å². The molecule has 2 aromatic rings. The molecule has 0 saturated carbocycles. The first kappa shape index (κ1) is 14.1. The molecule has 5 nitrogen and oxygen atoms in total. The molecule has 112 valence electrons. The molecule has 1 atom stereocenters. The van der Waals surface area contributed by atoms with Gasteiger partial charge in [-0.3, -0.25) is 4.68 Å². The Kier molecular flexibility index (Phi) is 4.24. The van der Waals surface area contributed by atoms with Crippen LogP contribution < -0.4 is 5.32 Å². The lowest BCUT2D eigenvalue weighted by Crippen LogP contribution is -2.44. The normalized spacial score (nSPS) is 15.6. The van der Waals surface area contributed by atoms with Crippen LogP contribution in [0.25, 0.3) is 0 Å². The van der Waals surface area contributed by atoms with Crippen LogP contribution in [0, 0.1) is 5.92 Å². The van der Waals surface area contributed by atoms with Crippen LogP contribution in [0.3, 0.4) is 0 Å². The number of hydrogen-bond acceptors (Lipinski definition) is 3. The molecule has 0 bridgehead atoms. The molecule has 0 radical (unpaired) electrons. The highest BCUT2D eigenvalue weighted by molar-refractivity contribution is 7.10. The number of carbonyl (C=O) groups is 1. The van der Waals surface area contributed by atoms with Gasteiger partial charge in [0, 0.05) is 43.4 Å². The third kappa shape index (κ3) is 3.44. The average Bonchev–Trinajstić information content (AvgIpc) is 3.14. The third-order valence-electron chi connectivity index (χ3n) is 3.75. The van der Waals surface area contributed by atoms with E-state index in [4.69, 9.17) is 0 Å². The van der Waals surface area contributed by atoms with Crippen LogP contribution in [0.1, 0.15) is 17.4 Å². The second kappa shape index (κ2) is 6.30. The summed E-state index contributed by atoms with van der Waals surface area (Å²) in [6, 6.07) is 4.08. The van der Waals surface area contributed by atoms with Gasteiger partial charge in [-0.2, -0.15) is 5.10 Å². The second-order valence-electron chi connectivity index (χ2n) is 5.56. The first-order chi connectivity index (χ1) is 10.2. The SMILES string of the molecule is CC(CNC(=O)N1CCc2sccc2C1)Cn1cccn1. The third-order valence-corrected chi connectivity index (χ3v) is 4.78. The maximum atomic E-state index is 12.2. The van der Waals surface area contributed by atoms with Crippen molar-refractivity contribution < 1.29 is 4.79 Å². The van der Waals surface area contributed by atoms with Gasteiger partial charge in [0.1, 0.15) is 0 Å². The predicted molar refractivity (Wildman–Crippen MR) is 83.2 cm³/mol. The summed E-state index contributed by atoms with van der Waals surface area (Å²) in [7, 11) is 0. The molecule has 1 aliphatic heterocycles. The summed E-state index contributed by atoms with van der Waals surface area (Å²) in [5.41, 5.74) is 1.30. The Balaban J connectivity index is 1.46. The molecule has 0 aromatic carbocycles. The molecule has 0 saturated heterocycles. The van der Waals surface area contributed by atoms with Crippen LogP contribution in [0.4, 0.5) is 4.79 Å². The van der Waals surface area contributed by atoms with Gasteiger partial charge in [0.2, 0.25) is 0 Å². The van der Waals surface area contributed by atoms with Crippen LogP contribution in [-0.2, 0) is 19.5 Å². The van der Waals surface area contributed by atoms with E-state index >= 15 is 0 Å². The fourth-order valence-corrected chi connectivity index (χ4v) is 3.48. The topological polar surface area (TPSA) is 50.2 Å². The maximum Gasteiger partial charge on any atom is 0.317 e. The quantitative estimate of drug-likeness (QED) is 0.942. The summed E-state index contributed by atoms with van der Waals surface area (Å²) in [4.78, 5) is 15.6. The largest absolute Gasteiger partial charge is 0.338 e. The van der Waals surface area contributed by atoms with Gasteiger partial charge in [0.15, 0.2) is 0 Å². The van der Waals surface area contributed by atoms with Gasteiger partial charge in [-0.1, -0.05) is 6.92 Å². The molecule has 3 rings (SSSR count). The number of carbonyl (C=O) groups excluding carboxylic acids is 1. The number of aromatic nitrogens is 2. The van der Waals surface area contributed by atoms with Crippen molar-refractivity contribution in [2.75, 3.05) is 13.1 Å². The Morgan fingerprint density at radius 3 is 3.29 bits per heavy atom. The van der Waals surface area contributed by atoms with Gasteiger partial charge >= 0.3 is 6.03 Å².